The normalized spacial score (nSPS) is 17.0. The highest BCUT2D eigenvalue weighted by Crippen LogP contribution is 2.33. The van der Waals surface area contributed by atoms with Crippen LogP contribution in [-0.4, -0.2) is 92.0 Å². The maximum absolute atomic E-state index is 13.2. The Morgan fingerprint density at radius 2 is 1.98 bits per heavy atom. The number of hydroxylamine groups is 2. The van der Waals surface area contributed by atoms with Gasteiger partial charge in [0.1, 0.15) is 24.1 Å². The number of β-lactam (4-membered cyclic amide) rings is 1. The van der Waals surface area contributed by atoms with Crippen LogP contribution in [0.25, 0.3) is 11.3 Å². The van der Waals surface area contributed by atoms with Crippen molar-refractivity contribution in [2.45, 2.75) is 44.5 Å². The van der Waals surface area contributed by atoms with Gasteiger partial charge in [-0.3, -0.25) is 14.1 Å². The minimum atomic E-state index is -5.01. The van der Waals surface area contributed by atoms with E-state index in [1.807, 2.05) is 10.8 Å². The lowest BCUT2D eigenvalue weighted by atomic mass is 9.84. The molecule has 0 bridgehead atoms. The molecule has 1 fully saturated rings. The Labute approximate surface area is 260 Å². The fraction of sp³-hybridized carbons (Fsp3) is 0.360. The summed E-state index contributed by atoms with van der Waals surface area (Å²) in [6, 6.07) is 5.43. The van der Waals surface area contributed by atoms with Crippen LogP contribution >= 0.6 is 11.3 Å². The number of ether oxygens (including phenoxy) is 1. The molecule has 20 heteroatoms. The van der Waals surface area contributed by atoms with Gasteiger partial charge in [0.15, 0.2) is 10.8 Å². The number of carboxylic acids is 1. The Bertz CT molecular complexity index is 1690. The minimum absolute atomic E-state index is 0.0576. The van der Waals surface area contributed by atoms with E-state index >= 15 is 0 Å². The van der Waals surface area contributed by atoms with Gasteiger partial charge in [-0.2, -0.15) is 13.5 Å². The summed E-state index contributed by atoms with van der Waals surface area (Å²) in [5.41, 5.74) is 10.7. The molecule has 18 nitrogen and oxygen atoms in total. The first-order valence-electron chi connectivity index (χ1n) is 13.1. The number of aryl methyl sites for hydroxylation is 1. The highest BCUT2D eigenvalue weighted by molar-refractivity contribution is 7.80. The lowest BCUT2D eigenvalue weighted by Crippen LogP contribution is -2.76. The topological polar surface area (TPSA) is 264 Å². The molecule has 45 heavy (non-hydrogen) atoms. The van der Waals surface area contributed by atoms with Gasteiger partial charge in [0.25, 0.3) is 17.9 Å². The Morgan fingerprint density at radius 3 is 2.56 bits per heavy atom. The molecular formula is C25H30N8O10S2. The number of carbonyl (C=O) groups excluding carboxylic acids is 2. The average molecular weight is 667 g/mol. The van der Waals surface area contributed by atoms with Crippen molar-refractivity contribution >= 4 is 50.4 Å². The molecule has 1 aromatic carbocycles. The van der Waals surface area contributed by atoms with Crippen LogP contribution in [0.5, 0.6) is 5.75 Å². The van der Waals surface area contributed by atoms with E-state index in [4.69, 9.17) is 25.6 Å². The molecule has 1 aliphatic heterocycles. The number of hydrogen-bond acceptors (Lipinski definition) is 14. The lowest BCUT2D eigenvalue weighted by Gasteiger charge is -2.50. The summed E-state index contributed by atoms with van der Waals surface area (Å²) < 4.78 is 42.9. The van der Waals surface area contributed by atoms with Crippen molar-refractivity contribution in [3.05, 3.63) is 47.9 Å². The number of nitrogens with zero attached hydrogens (tertiary/aromatic N) is 5. The summed E-state index contributed by atoms with van der Waals surface area (Å²) in [7, 11) is -5.01. The number of thiazole rings is 1. The van der Waals surface area contributed by atoms with E-state index in [9.17, 15) is 27.9 Å². The van der Waals surface area contributed by atoms with Gasteiger partial charge in [0, 0.05) is 23.7 Å². The van der Waals surface area contributed by atoms with Crippen LogP contribution < -0.4 is 21.5 Å². The lowest BCUT2D eigenvalue weighted by molar-refractivity contribution is -0.218. The fourth-order valence-corrected chi connectivity index (χ4v) is 5.08. The predicted molar refractivity (Wildman–Crippen MR) is 158 cm³/mol. The number of aliphatic carboxylic acids is 1. The second-order valence-corrected chi connectivity index (χ2v) is 12.0. The highest BCUT2D eigenvalue weighted by Gasteiger charge is 2.58. The average Bonchev–Trinajstić information content (AvgIpc) is 3.64. The van der Waals surface area contributed by atoms with Gasteiger partial charge in [0.2, 0.25) is 0 Å². The molecular weight excluding hydrogens is 636 g/mol. The highest BCUT2D eigenvalue weighted by atomic mass is 32.3. The van der Waals surface area contributed by atoms with Crippen molar-refractivity contribution < 1.29 is 46.3 Å². The van der Waals surface area contributed by atoms with Crippen molar-refractivity contribution in [3.63, 3.8) is 0 Å². The quantitative estimate of drug-likeness (QED) is 0.0620. The van der Waals surface area contributed by atoms with Gasteiger partial charge in [0.05, 0.1) is 17.6 Å². The number of rotatable bonds is 15. The second kappa shape index (κ2) is 13.6. The third-order valence-corrected chi connectivity index (χ3v) is 7.46. The van der Waals surface area contributed by atoms with Crippen LogP contribution in [0.2, 0.25) is 0 Å². The van der Waals surface area contributed by atoms with Gasteiger partial charge in [-0.25, -0.2) is 14.8 Å². The maximum Gasteiger partial charge on any atom is 0.418 e. The number of anilines is 1. The van der Waals surface area contributed by atoms with E-state index < -0.39 is 58.2 Å². The minimum Gasteiger partial charge on any atom is -0.489 e. The summed E-state index contributed by atoms with van der Waals surface area (Å²) >= 11 is 0.957. The van der Waals surface area contributed by atoms with Crippen molar-refractivity contribution in [2.75, 3.05) is 18.9 Å². The first-order chi connectivity index (χ1) is 21.2. The fourth-order valence-electron chi connectivity index (χ4n) is 4.08. The van der Waals surface area contributed by atoms with Crippen molar-refractivity contribution in [1.29, 1.82) is 0 Å². The number of oxime groups is 1. The van der Waals surface area contributed by atoms with Gasteiger partial charge in [-0.05, 0) is 51.1 Å². The van der Waals surface area contributed by atoms with Crippen LogP contribution in [0.1, 0.15) is 26.0 Å². The maximum atomic E-state index is 13.2. The van der Waals surface area contributed by atoms with Crippen molar-refractivity contribution in [3.8, 4) is 17.0 Å². The number of imidazole rings is 1. The van der Waals surface area contributed by atoms with Gasteiger partial charge < -0.3 is 36.0 Å². The van der Waals surface area contributed by atoms with Crippen LogP contribution in [0, 0.1) is 0 Å². The molecule has 2 atom stereocenters. The number of amides is 2. The van der Waals surface area contributed by atoms with E-state index in [0.29, 0.717) is 17.4 Å². The first kappa shape index (κ1) is 33.3. The molecule has 0 radical (unpaired) electrons. The molecule has 2 aromatic heterocycles. The van der Waals surface area contributed by atoms with Gasteiger partial charge >= 0.3 is 16.4 Å². The van der Waals surface area contributed by atoms with Gasteiger partial charge in [-0.15, -0.1) is 15.6 Å². The molecule has 7 N–H and O–H groups in total. The molecule has 1 aliphatic rings. The number of nitrogens with two attached hydrogens (primary N) is 2. The molecule has 1 unspecified atom stereocenters. The molecule has 0 aliphatic carbocycles. The summed E-state index contributed by atoms with van der Waals surface area (Å²) in [4.78, 5) is 51.1. The Balaban J connectivity index is 1.44. The first-order valence-corrected chi connectivity index (χ1v) is 15.4. The van der Waals surface area contributed by atoms with E-state index in [1.165, 1.54) is 19.2 Å². The largest absolute Gasteiger partial charge is 0.489 e. The number of carbonyl (C=O) groups is 3. The summed E-state index contributed by atoms with van der Waals surface area (Å²) in [6.07, 6.45) is 2.72. The third-order valence-electron chi connectivity index (χ3n) is 6.45. The van der Waals surface area contributed by atoms with Crippen molar-refractivity contribution in [1.82, 2.24) is 24.9 Å². The number of nitrogen functional groups attached to an aromatic ring is 1. The summed E-state index contributed by atoms with van der Waals surface area (Å²) in [6.45, 7) is 3.52. The molecule has 0 saturated carbocycles. The third kappa shape index (κ3) is 8.10. The number of carboxylic acid groups (broad SMARTS) is 1. The standard InChI is InChI=1S/C25H30N8O10S2/c1-25(2)20(22(35)33(25)43-45(38,39)40)30-21(34)19(17-12-44-24(27)29-17)31-42-18(23(36)37)11-41-15-6-4-14(5-7-15)16-10-32(13-28-16)9-3-8-26/h4-7,10,12-13,18,20H,3,8-9,11,26H2,1-2H3,(H2,27,29)(H,30,34)(H,36,37)(H,38,39,40)/b31-19-/t18-,20?/m0/s1. The molecule has 2 amide bonds. The molecule has 242 valence electrons. The van der Waals surface area contributed by atoms with Crippen LogP contribution in [0.3, 0.4) is 0 Å². The predicted octanol–water partition coefficient (Wildman–Crippen LogP) is 0.0305. The number of benzene rings is 1. The summed E-state index contributed by atoms with van der Waals surface area (Å²) in [5.74, 6) is -3.15. The Kier molecular flexibility index (Phi) is 10.0. The second-order valence-electron chi connectivity index (χ2n) is 10.1. The molecule has 0 spiro atoms. The van der Waals surface area contributed by atoms with Crippen molar-refractivity contribution in [2.24, 2.45) is 10.9 Å². The molecule has 3 heterocycles. The zero-order valence-corrected chi connectivity index (χ0v) is 25.5. The SMILES string of the molecule is CC1(C)C(NC(=O)/C(=N\O[C@@H](COc2ccc(-c3cn(CCCN)cn3)cc2)C(=O)O)c2csc(N)n2)C(=O)N1OS(=O)(=O)O. The van der Waals surface area contributed by atoms with Crippen LogP contribution in [0.4, 0.5) is 5.13 Å². The number of hydrogen-bond donors (Lipinski definition) is 5. The Morgan fingerprint density at radius 1 is 1.27 bits per heavy atom. The molecule has 4 rings (SSSR count). The molecule has 1 saturated heterocycles. The zero-order valence-electron chi connectivity index (χ0n) is 23.9. The monoisotopic (exact) mass is 666 g/mol. The smallest absolute Gasteiger partial charge is 0.418 e. The summed E-state index contributed by atoms with van der Waals surface area (Å²) in [5, 5.41) is 17.5. The van der Waals surface area contributed by atoms with E-state index in [0.717, 1.165) is 35.6 Å². The zero-order chi connectivity index (χ0) is 32.9. The number of aromatic nitrogens is 3. The van der Waals surface area contributed by atoms with Crippen LogP contribution in [-0.2, 0) is 40.4 Å². The Hall–Kier alpha value is -4.63. The van der Waals surface area contributed by atoms with E-state index in [1.54, 1.807) is 30.6 Å². The van der Waals surface area contributed by atoms with Gasteiger partial charge in [-0.1, -0.05) is 5.16 Å². The van der Waals surface area contributed by atoms with E-state index in [-0.39, 0.29) is 10.8 Å². The number of nitrogens with one attached hydrogen (secondary N) is 1. The molecule has 3 aromatic rings. The van der Waals surface area contributed by atoms with E-state index in [2.05, 4.69) is 24.7 Å². The van der Waals surface area contributed by atoms with Crippen LogP contribution in [0.15, 0.2) is 47.3 Å².